The summed E-state index contributed by atoms with van der Waals surface area (Å²) in [6, 6.07) is 8.22. The summed E-state index contributed by atoms with van der Waals surface area (Å²) in [6.07, 6.45) is 3.89. The summed E-state index contributed by atoms with van der Waals surface area (Å²) in [7, 11) is 0. The summed E-state index contributed by atoms with van der Waals surface area (Å²) in [6.45, 7) is 5.14. The van der Waals surface area contributed by atoms with Gasteiger partial charge in [-0.1, -0.05) is 37.6 Å². The number of rotatable bonds is 7. The number of aliphatic imine (C=N–C) groups is 1. The van der Waals surface area contributed by atoms with Gasteiger partial charge in [-0.05, 0) is 24.0 Å². The van der Waals surface area contributed by atoms with Crippen molar-refractivity contribution in [2.24, 2.45) is 10.7 Å². The van der Waals surface area contributed by atoms with E-state index in [1.165, 1.54) is 0 Å². The highest BCUT2D eigenvalue weighted by Crippen LogP contribution is 2.15. The van der Waals surface area contributed by atoms with Gasteiger partial charge >= 0.3 is 0 Å². The lowest BCUT2D eigenvalue weighted by Gasteiger charge is -2.15. The highest BCUT2D eigenvalue weighted by Gasteiger charge is 2.19. The summed E-state index contributed by atoms with van der Waals surface area (Å²) >= 11 is 0. The molecule has 0 radical (unpaired) electrons. The molecule has 5 nitrogen and oxygen atoms in total. The van der Waals surface area contributed by atoms with E-state index in [4.69, 9.17) is 5.73 Å². The molecule has 2 rings (SSSR count). The maximum absolute atomic E-state index is 11.7. The second-order valence-corrected chi connectivity index (χ2v) is 5.72. The number of halogens is 1. The van der Waals surface area contributed by atoms with E-state index in [-0.39, 0.29) is 29.9 Å². The van der Waals surface area contributed by atoms with E-state index < -0.39 is 0 Å². The van der Waals surface area contributed by atoms with Crippen LogP contribution in [0.15, 0.2) is 29.3 Å². The van der Waals surface area contributed by atoms with E-state index in [1.54, 1.807) is 0 Å². The van der Waals surface area contributed by atoms with Crippen molar-refractivity contribution in [1.82, 2.24) is 10.2 Å². The van der Waals surface area contributed by atoms with Crippen molar-refractivity contribution in [2.75, 3.05) is 13.1 Å². The van der Waals surface area contributed by atoms with E-state index in [2.05, 4.69) is 29.4 Å². The third-order valence-electron chi connectivity index (χ3n) is 3.80. The monoisotopic (exact) mass is 430 g/mol. The van der Waals surface area contributed by atoms with Gasteiger partial charge in [0.05, 0.1) is 6.54 Å². The van der Waals surface area contributed by atoms with Crippen LogP contribution < -0.4 is 11.1 Å². The molecule has 1 fully saturated rings. The minimum Gasteiger partial charge on any atom is -0.370 e. The number of hydrogen-bond donors (Lipinski definition) is 2. The second kappa shape index (κ2) is 10.5. The Morgan fingerprint density at radius 1 is 1.39 bits per heavy atom. The lowest BCUT2D eigenvalue weighted by atomic mass is 10.1. The lowest BCUT2D eigenvalue weighted by molar-refractivity contribution is -0.128. The average molecular weight is 430 g/mol. The standard InChI is InChI=1S/C17H26N4O.HI/c1-2-3-9-19-17(18)20-12-14-6-4-7-15(11-14)13-21-10-5-8-16(21)22;/h4,6-7,11H,2-3,5,8-10,12-13H2,1H3,(H3,18,19,20);1H. The van der Waals surface area contributed by atoms with E-state index in [0.717, 1.165) is 43.5 Å². The second-order valence-electron chi connectivity index (χ2n) is 5.72. The van der Waals surface area contributed by atoms with Crippen LogP contribution in [0, 0.1) is 0 Å². The van der Waals surface area contributed by atoms with Crippen LogP contribution in [0.2, 0.25) is 0 Å². The van der Waals surface area contributed by atoms with Crippen LogP contribution in [-0.4, -0.2) is 29.9 Å². The summed E-state index contributed by atoms with van der Waals surface area (Å²) in [5.74, 6) is 0.751. The van der Waals surface area contributed by atoms with Crippen molar-refractivity contribution in [1.29, 1.82) is 0 Å². The Balaban J connectivity index is 0.00000264. The molecule has 23 heavy (non-hydrogen) atoms. The van der Waals surface area contributed by atoms with Gasteiger partial charge in [0, 0.05) is 26.1 Å². The Morgan fingerprint density at radius 2 is 2.17 bits per heavy atom. The van der Waals surface area contributed by atoms with E-state index >= 15 is 0 Å². The van der Waals surface area contributed by atoms with Crippen molar-refractivity contribution in [3.8, 4) is 0 Å². The van der Waals surface area contributed by atoms with Crippen LogP contribution in [0.5, 0.6) is 0 Å². The normalized spacial score (nSPS) is 14.7. The number of unbranched alkanes of at least 4 members (excludes halogenated alkanes) is 1. The molecule has 0 atom stereocenters. The number of carbonyl (C=O) groups is 1. The molecule has 1 aliphatic heterocycles. The molecule has 0 saturated carbocycles. The molecule has 0 aromatic heterocycles. The number of hydrogen-bond acceptors (Lipinski definition) is 2. The fourth-order valence-electron chi connectivity index (χ4n) is 2.54. The number of guanidine groups is 1. The predicted octanol–water partition coefficient (Wildman–Crippen LogP) is 2.63. The fourth-order valence-corrected chi connectivity index (χ4v) is 2.54. The Hall–Kier alpha value is -1.31. The first kappa shape index (κ1) is 19.7. The first-order valence-corrected chi connectivity index (χ1v) is 8.08. The van der Waals surface area contributed by atoms with Gasteiger partial charge in [0.15, 0.2) is 5.96 Å². The van der Waals surface area contributed by atoms with Gasteiger partial charge in [-0.2, -0.15) is 0 Å². The Kier molecular flexibility index (Phi) is 8.98. The molecule has 1 saturated heterocycles. The van der Waals surface area contributed by atoms with Crippen molar-refractivity contribution in [2.45, 2.75) is 45.7 Å². The average Bonchev–Trinajstić information content (AvgIpc) is 2.91. The van der Waals surface area contributed by atoms with E-state index in [9.17, 15) is 4.79 Å². The first-order valence-electron chi connectivity index (χ1n) is 8.08. The molecular formula is C17H27IN4O. The molecule has 0 bridgehead atoms. The molecule has 0 spiro atoms. The van der Waals surface area contributed by atoms with Crippen LogP contribution in [0.3, 0.4) is 0 Å². The Morgan fingerprint density at radius 3 is 2.87 bits per heavy atom. The molecule has 3 N–H and O–H groups in total. The highest BCUT2D eigenvalue weighted by molar-refractivity contribution is 14.0. The Labute approximate surface area is 155 Å². The minimum absolute atomic E-state index is 0. The molecule has 0 aliphatic carbocycles. The van der Waals surface area contributed by atoms with Crippen molar-refractivity contribution < 1.29 is 4.79 Å². The maximum Gasteiger partial charge on any atom is 0.222 e. The van der Waals surface area contributed by atoms with Gasteiger partial charge < -0.3 is 16.0 Å². The van der Waals surface area contributed by atoms with Crippen LogP contribution in [0.4, 0.5) is 0 Å². The van der Waals surface area contributed by atoms with Crippen molar-refractivity contribution >= 4 is 35.8 Å². The zero-order valence-electron chi connectivity index (χ0n) is 13.8. The van der Waals surface area contributed by atoms with Crippen molar-refractivity contribution in [3.05, 3.63) is 35.4 Å². The van der Waals surface area contributed by atoms with Gasteiger partial charge in [-0.3, -0.25) is 4.79 Å². The maximum atomic E-state index is 11.7. The van der Waals surface area contributed by atoms with Crippen LogP contribution in [0.1, 0.15) is 43.7 Å². The number of nitrogens with one attached hydrogen (secondary N) is 1. The molecule has 1 aliphatic rings. The van der Waals surface area contributed by atoms with Gasteiger partial charge in [-0.25, -0.2) is 4.99 Å². The summed E-state index contributed by atoms with van der Waals surface area (Å²) in [4.78, 5) is 18.0. The molecule has 128 valence electrons. The first-order chi connectivity index (χ1) is 10.7. The SMILES string of the molecule is CCCCNC(N)=NCc1cccc(CN2CCCC2=O)c1.I. The van der Waals surface area contributed by atoms with Crippen LogP contribution in [0.25, 0.3) is 0 Å². The van der Waals surface area contributed by atoms with E-state index in [0.29, 0.717) is 25.5 Å². The molecule has 0 unspecified atom stereocenters. The fraction of sp³-hybridized carbons (Fsp3) is 0.529. The van der Waals surface area contributed by atoms with Crippen LogP contribution in [-0.2, 0) is 17.9 Å². The van der Waals surface area contributed by atoms with Crippen molar-refractivity contribution in [3.63, 3.8) is 0 Å². The zero-order valence-corrected chi connectivity index (χ0v) is 16.1. The highest BCUT2D eigenvalue weighted by atomic mass is 127. The van der Waals surface area contributed by atoms with Crippen LogP contribution >= 0.6 is 24.0 Å². The smallest absolute Gasteiger partial charge is 0.222 e. The number of likely N-dealkylation sites (tertiary alicyclic amines) is 1. The molecule has 1 aromatic carbocycles. The number of nitrogens with two attached hydrogens (primary N) is 1. The number of amides is 1. The zero-order chi connectivity index (χ0) is 15.8. The number of nitrogens with zero attached hydrogens (tertiary/aromatic N) is 2. The summed E-state index contributed by atoms with van der Waals surface area (Å²) < 4.78 is 0. The third kappa shape index (κ3) is 6.76. The van der Waals surface area contributed by atoms with Gasteiger partial charge in [0.2, 0.25) is 5.91 Å². The molecule has 6 heteroatoms. The van der Waals surface area contributed by atoms with E-state index in [1.807, 2.05) is 17.0 Å². The summed E-state index contributed by atoms with van der Waals surface area (Å²) in [5.41, 5.74) is 8.10. The van der Waals surface area contributed by atoms with Gasteiger partial charge in [0.1, 0.15) is 0 Å². The minimum atomic E-state index is 0. The summed E-state index contributed by atoms with van der Waals surface area (Å²) in [5, 5.41) is 3.11. The molecule has 1 heterocycles. The molecular weight excluding hydrogens is 403 g/mol. The quantitative estimate of drug-likeness (QED) is 0.303. The van der Waals surface area contributed by atoms with Gasteiger partial charge in [-0.15, -0.1) is 24.0 Å². The lowest BCUT2D eigenvalue weighted by Crippen LogP contribution is -2.32. The number of carbonyl (C=O) groups excluding carboxylic acids is 1. The topological polar surface area (TPSA) is 70.7 Å². The number of benzene rings is 1. The third-order valence-corrected chi connectivity index (χ3v) is 3.80. The Bertz CT molecular complexity index is 533. The molecule has 1 aromatic rings. The van der Waals surface area contributed by atoms with Gasteiger partial charge in [0.25, 0.3) is 0 Å². The largest absolute Gasteiger partial charge is 0.370 e. The predicted molar refractivity (Wildman–Crippen MR) is 105 cm³/mol. The molecule has 1 amide bonds.